The minimum atomic E-state index is -3.02. The largest absolute Gasteiger partial charge is 0.368 e. The Balaban J connectivity index is 2.26. The van der Waals surface area contributed by atoms with Gasteiger partial charge in [-0.3, -0.25) is 5.10 Å². The third-order valence-corrected chi connectivity index (χ3v) is 4.44. The van der Waals surface area contributed by atoms with Crippen LogP contribution in [0.1, 0.15) is 36.3 Å². The van der Waals surface area contributed by atoms with Gasteiger partial charge in [-0.1, -0.05) is 6.92 Å². The van der Waals surface area contributed by atoms with Gasteiger partial charge in [0, 0.05) is 18.4 Å². The van der Waals surface area contributed by atoms with E-state index in [1.807, 2.05) is 0 Å². The van der Waals surface area contributed by atoms with Crippen molar-refractivity contribution in [3.63, 3.8) is 0 Å². The lowest BCUT2D eigenvalue weighted by Gasteiger charge is -2.05. The molecule has 16 heavy (non-hydrogen) atoms. The molecule has 0 spiro atoms. The van der Waals surface area contributed by atoms with E-state index in [9.17, 15) is 8.42 Å². The summed E-state index contributed by atoms with van der Waals surface area (Å²) in [5, 5.41) is 9.81. The van der Waals surface area contributed by atoms with Crippen molar-refractivity contribution in [3.05, 3.63) is 11.3 Å². The highest BCUT2D eigenvalue weighted by molar-refractivity contribution is 7.90. The summed E-state index contributed by atoms with van der Waals surface area (Å²) in [7, 11) is -3.02. The quantitative estimate of drug-likeness (QED) is 0.835. The van der Waals surface area contributed by atoms with Crippen molar-refractivity contribution in [2.75, 3.05) is 18.1 Å². The van der Waals surface area contributed by atoms with Crippen LogP contribution in [0.25, 0.3) is 0 Å². The fourth-order valence-electron chi connectivity index (χ4n) is 2.14. The predicted octanol–water partition coefficient (Wildman–Crippen LogP) is 1.26. The first kappa shape index (κ1) is 11.4. The van der Waals surface area contributed by atoms with Crippen LogP contribution in [0, 0.1) is 0 Å². The van der Waals surface area contributed by atoms with Gasteiger partial charge >= 0.3 is 0 Å². The van der Waals surface area contributed by atoms with Crippen LogP contribution in [0.5, 0.6) is 0 Å². The number of nitrogens with zero attached hydrogens (tertiary/aromatic N) is 1. The molecule has 0 fully saturated rings. The molecule has 1 aliphatic rings. The number of aromatic nitrogens is 2. The topological polar surface area (TPSA) is 74.8 Å². The average Bonchev–Trinajstić information content (AvgIpc) is 2.73. The first-order valence-corrected chi connectivity index (χ1v) is 7.49. The summed E-state index contributed by atoms with van der Waals surface area (Å²) in [5.41, 5.74) is 1.82. The first-order chi connectivity index (χ1) is 7.54. The molecule has 1 aromatic heterocycles. The van der Waals surface area contributed by atoms with Crippen LogP contribution in [0.15, 0.2) is 0 Å². The minimum absolute atomic E-state index is 0.396. The number of anilines is 1. The SMILES string of the molecule is CCCNc1n[nH]c2c1CCC2S(C)(=O)=O. The molecule has 1 aromatic rings. The smallest absolute Gasteiger partial charge is 0.156 e. The molecule has 0 aromatic carbocycles. The van der Waals surface area contributed by atoms with E-state index in [2.05, 4.69) is 22.4 Å². The molecule has 0 saturated heterocycles. The van der Waals surface area contributed by atoms with Gasteiger partial charge in [0.2, 0.25) is 0 Å². The molecule has 90 valence electrons. The predicted molar refractivity (Wildman–Crippen MR) is 63.3 cm³/mol. The van der Waals surface area contributed by atoms with Crippen molar-refractivity contribution < 1.29 is 8.42 Å². The molecule has 1 unspecified atom stereocenters. The first-order valence-electron chi connectivity index (χ1n) is 5.54. The van der Waals surface area contributed by atoms with Gasteiger partial charge in [0.05, 0.1) is 5.69 Å². The lowest BCUT2D eigenvalue weighted by molar-refractivity contribution is 0.585. The van der Waals surface area contributed by atoms with Gasteiger partial charge in [-0.2, -0.15) is 5.10 Å². The van der Waals surface area contributed by atoms with Crippen LogP contribution >= 0.6 is 0 Å². The van der Waals surface area contributed by atoms with E-state index >= 15 is 0 Å². The number of hydrogen-bond acceptors (Lipinski definition) is 4. The molecule has 1 atom stereocenters. The van der Waals surface area contributed by atoms with E-state index in [0.29, 0.717) is 6.42 Å². The second-order valence-electron chi connectivity index (χ2n) is 4.25. The van der Waals surface area contributed by atoms with Crippen molar-refractivity contribution >= 4 is 15.7 Å². The maximum Gasteiger partial charge on any atom is 0.156 e. The molecule has 0 saturated carbocycles. The zero-order valence-corrected chi connectivity index (χ0v) is 10.4. The zero-order chi connectivity index (χ0) is 11.8. The molecule has 2 rings (SSSR count). The van der Waals surface area contributed by atoms with Crippen LogP contribution in [-0.4, -0.2) is 31.4 Å². The maximum absolute atomic E-state index is 11.6. The Hall–Kier alpha value is -1.04. The van der Waals surface area contributed by atoms with Crippen LogP contribution < -0.4 is 5.32 Å². The molecule has 5 nitrogen and oxygen atoms in total. The third kappa shape index (κ3) is 1.93. The lowest BCUT2D eigenvalue weighted by atomic mass is 10.2. The number of sulfone groups is 1. The normalized spacial score (nSPS) is 19.8. The number of fused-ring (bicyclic) bond motifs is 1. The van der Waals surface area contributed by atoms with Crippen molar-refractivity contribution in [1.82, 2.24) is 10.2 Å². The van der Waals surface area contributed by atoms with Gasteiger partial charge in [0.25, 0.3) is 0 Å². The van der Waals surface area contributed by atoms with Gasteiger partial charge in [0.15, 0.2) is 15.7 Å². The van der Waals surface area contributed by atoms with E-state index in [1.54, 1.807) is 0 Å². The highest BCUT2D eigenvalue weighted by atomic mass is 32.2. The van der Waals surface area contributed by atoms with E-state index in [1.165, 1.54) is 6.26 Å². The van der Waals surface area contributed by atoms with Gasteiger partial charge in [-0.05, 0) is 19.3 Å². The van der Waals surface area contributed by atoms with Crippen molar-refractivity contribution in [2.24, 2.45) is 0 Å². The van der Waals surface area contributed by atoms with Gasteiger partial charge in [0.1, 0.15) is 5.25 Å². The van der Waals surface area contributed by atoms with Gasteiger partial charge in [-0.15, -0.1) is 0 Å². The summed E-state index contributed by atoms with van der Waals surface area (Å²) in [6.45, 7) is 2.94. The van der Waals surface area contributed by atoms with E-state index in [0.717, 1.165) is 36.5 Å². The Morgan fingerprint density at radius 3 is 2.94 bits per heavy atom. The van der Waals surface area contributed by atoms with Crippen LogP contribution in [0.2, 0.25) is 0 Å². The molecule has 1 aliphatic carbocycles. The molecule has 0 aliphatic heterocycles. The number of aromatic amines is 1. The highest BCUT2D eigenvalue weighted by Crippen LogP contribution is 2.38. The Morgan fingerprint density at radius 2 is 2.31 bits per heavy atom. The van der Waals surface area contributed by atoms with Gasteiger partial charge in [-0.25, -0.2) is 8.42 Å². The molecule has 6 heteroatoms. The van der Waals surface area contributed by atoms with Crippen LogP contribution in [0.4, 0.5) is 5.82 Å². The third-order valence-electron chi connectivity index (χ3n) is 2.94. The average molecular weight is 243 g/mol. The molecule has 0 bridgehead atoms. The van der Waals surface area contributed by atoms with Crippen molar-refractivity contribution in [1.29, 1.82) is 0 Å². The Labute approximate surface area is 95.6 Å². The summed E-state index contributed by atoms with van der Waals surface area (Å²) in [6.07, 6.45) is 3.77. The fraction of sp³-hybridized carbons (Fsp3) is 0.700. The van der Waals surface area contributed by atoms with Crippen molar-refractivity contribution in [3.8, 4) is 0 Å². The number of hydrogen-bond donors (Lipinski definition) is 2. The standard InChI is InChI=1S/C10H17N3O2S/c1-3-6-11-10-7-4-5-8(16(2,14)15)9(7)12-13-10/h8H,3-6H2,1-2H3,(H2,11,12,13). The summed E-state index contributed by atoms with van der Waals surface area (Å²) in [6, 6.07) is 0. The molecule has 1 heterocycles. The van der Waals surface area contributed by atoms with Crippen molar-refractivity contribution in [2.45, 2.75) is 31.4 Å². The van der Waals surface area contributed by atoms with E-state index < -0.39 is 15.1 Å². The molecule has 0 amide bonds. The second-order valence-corrected chi connectivity index (χ2v) is 6.48. The monoisotopic (exact) mass is 243 g/mol. The lowest BCUT2D eigenvalue weighted by Crippen LogP contribution is -2.08. The van der Waals surface area contributed by atoms with E-state index in [4.69, 9.17) is 0 Å². The Morgan fingerprint density at radius 1 is 1.56 bits per heavy atom. The Kier molecular flexibility index (Phi) is 2.92. The highest BCUT2D eigenvalue weighted by Gasteiger charge is 2.34. The minimum Gasteiger partial charge on any atom is -0.368 e. The number of H-pyrrole nitrogens is 1. The van der Waals surface area contributed by atoms with Crippen LogP contribution in [-0.2, 0) is 16.3 Å². The molecular weight excluding hydrogens is 226 g/mol. The van der Waals surface area contributed by atoms with Gasteiger partial charge < -0.3 is 5.32 Å². The fourth-order valence-corrected chi connectivity index (χ4v) is 3.30. The second kappa shape index (κ2) is 4.08. The summed E-state index contributed by atoms with van der Waals surface area (Å²) in [4.78, 5) is 0. The maximum atomic E-state index is 11.6. The Bertz CT molecular complexity index is 478. The summed E-state index contributed by atoms with van der Waals surface area (Å²) >= 11 is 0. The number of rotatable bonds is 4. The molecule has 2 N–H and O–H groups in total. The van der Waals surface area contributed by atoms with E-state index in [-0.39, 0.29) is 0 Å². The summed E-state index contributed by atoms with van der Waals surface area (Å²) < 4.78 is 23.1. The molecule has 0 radical (unpaired) electrons. The zero-order valence-electron chi connectivity index (χ0n) is 9.58. The summed E-state index contributed by atoms with van der Waals surface area (Å²) in [5.74, 6) is 0.822. The van der Waals surface area contributed by atoms with Crippen LogP contribution in [0.3, 0.4) is 0 Å². The number of nitrogens with one attached hydrogen (secondary N) is 2. The molecular formula is C10H17N3O2S.